The van der Waals surface area contributed by atoms with E-state index in [0.29, 0.717) is 6.29 Å². The maximum absolute atomic E-state index is 13.1. The van der Waals surface area contributed by atoms with E-state index in [-0.39, 0.29) is 23.7 Å². The Morgan fingerprint density at radius 3 is 2.39 bits per heavy atom. The van der Waals surface area contributed by atoms with Crippen molar-refractivity contribution in [3.63, 3.8) is 0 Å². The highest BCUT2D eigenvalue weighted by Gasteiger charge is 2.29. The third-order valence-electron chi connectivity index (χ3n) is 4.36. The average molecular weight is 377 g/mol. The van der Waals surface area contributed by atoms with Gasteiger partial charge in [-0.2, -0.15) is 4.57 Å². The molecule has 0 saturated carbocycles. The summed E-state index contributed by atoms with van der Waals surface area (Å²) in [5.41, 5.74) is 1.39. The normalized spacial score (nSPS) is 10.4. The molecule has 0 spiro atoms. The predicted octanol–water partition coefficient (Wildman–Crippen LogP) is 2.28. The van der Waals surface area contributed by atoms with E-state index in [4.69, 9.17) is 0 Å². The summed E-state index contributed by atoms with van der Waals surface area (Å²) in [6.45, 7) is 0.201. The highest BCUT2D eigenvalue weighted by molar-refractivity contribution is 6.01. The SMILES string of the molecule is CN(C(=O)c1ccccc1C=O)N(Cc1ccccc1)C(=O)n1cc[n+](C)c1. The van der Waals surface area contributed by atoms with Crippen LogP contribution < -0.4 is 4.57 Å². The fraction of sp³-hybridized carbons (Fsp3) is 0.143. The van der Waals surface area contributed by atoms with Gasteiger partial charge in [-0.15, -0.1) is 0 Å². The van der Waals surface area contributed by atoms with Crippen molar-refractivity contribution in [2.75, 3.05) is 7.05 Å². The first-order valence-electron chi connectivity index (χ1n) is 8.72. The number of rotatable bonds is 4. The van der Waals surface area contributed by atoms with Crippen LogP contribution in [0.5, 0.6) is 0 Å². The number of benzene rings is 2. The second-order valence-electron chi connectivity index (χ2n) is 6.35. The summed E-state index contributed by atoms with van der Waals surface area (Å²) in [4.78, 5) is 37.5. The summed E-state index contributed by atoms with van der Waals surface area (Å²) < 4.78 is 3.14. The number of hydrogen-bond acceptors (Lipinski definition) is 3. The molecule has 0 N–H and O–H groups in total. The number of nitrogens with zero attached hydrogens (tertiary/aromatic N) is 4. The second kappa shape index (κ2) is 8.30. The standard InChI is InChI=1S/C21H21N4O3/c1-22-12-13-24(16-22)21(28)25(14-17-8-4-3-5-9-17)23(2)20(27)19-11-7-6-10-18(19)15-26/h3-13,15-16H,14H2,1-2H3/q+1. The van der Waals surface area contributed by atoms with E-state index in [2.05, 4.69) is 0 Å². The molecule has 7 nitrogen and oxygen atoms in total. The molecular formula is C21H21N4O3+. The molecule has 0 aliphatic rings. The lowest BCUT2D eigenvalue weighted by Crippen LogP contribution is -2.48. The zero-order valence-corrected chi connectivity index (χ0v) is 15.7. The van der Waals surface area contributed by atoms with Gasteiger partial charge in [-0.1, -0.05) is 48.5 Å². The minimum atomic E-state index is -0.441. The average Bonchev–Trinajstić information content (AvgIpc) is 3.17. The maximum atomic E-state index is 13.1. The summed E-state index contributed by atoms with van der Waals surface area (Å²) in [7, 11) is 3.33. The van der Waals surface area contributed by atoms with Crippen LogP contribution in [-0.2, 0) is 13.6 Å². The Morgan fingerprint density at radius 1 is 1.07 bits per heavy atom. The molecule has 0 saturated heterocycles. The molecule has 0 bridgehead atoms. The van der Waals surface area contributed by atoms with Crippen LogP contribution in [0.3, 0.4) is 0 Å². The molecule has 28 heavy (non-hydrogen) atoms. The molecule has 0 aliphatic carbocycles. The fourth-order valence-electron chi connectivity index (χ4n) is 2.83. The molecule has 2 aromatic carbocycles. The van der Waals surface area contributed by atoms with E-state index in [0.717, 1.165) is 5.56 Å². The van der Waals surface area contributed by atoms with Crippen LogP contribution in [0.25, 0.3) is 0 Å². The first-order chi connectivity index (χ1) is 13.5. The lowest BCUT2D eigenvalue weighted by molar-refractivity contribution is -0.670. The zero-order chi connectivity index (χ0) is 20.1. The Balaban J connectivity index is 1.96. The van der Waals surface area contributed by atoms with Crippen LogP contribution in [-0.4, -0.2) is 39.9 Å². The quantitative estimate of drug-likeness (QED) is 0.398. The monoisotopic (exact) mass is 377 g/mol. The number of hydrazine groups is 1. The molecule has 0 unspecified atom stereocenters. The summed E-state index contributed by atoms with van der Waals surface area (Å²) in [5.74, 6) is -0.441. The fourth-order valence-corrected chi connectivity index (χ4v) is 2.83. The molecule has 3 rings (SSSR count). The largest absolute Gasteiger partial charge is 0.434 e. The molecule has 3 aromatic rings. The highest BCUT2D eigenvalue weighted by Crippen LogP contribution is 2.14. The van der Waals surface area contributed by atoms with Crippen LogP contribution >= 0.6 is 0 Å². The molecular weight excluding hydrogens is 356 g/mol. The molecule has 142 valence electrons. The minimum Gasteiger partial charge on any atom is -0.298 e. The van der Waals surface area contributed by atoms with Crippen molar-refractivity contribution in [3.05, 3.63) is 90.0 Å². The van der Waals surface area contributed by atoms with E-state index in [9.17, 15) is 14.4 Å². The lowest BCUT2D eigenvalue weighted by Gasteiger charge is -2.30. The smallest absolute Gasteiger partial charge is 0.298 e. The first-order valence-corrected chi connectivity index (χ1v) is 8.72. The van der Waals surface area contributed by atoms with Gasteiger partial charge >= 0.3 is 6.03 Å². The first kappa shape index (κ1) is 19.0. The molecule has 2 amide bonds. The molecule has 0 fully saturated rings. The van der Waals surface area contributed by atoms with E-state index >= 15 is 0 Å². The Kier molecular flexibility index (Phi) is 5.64. The Labute approximate surface area is 163 Å². The van der Waals surface area contributed by atoms with Crippen molar-refractivity contribution in [2.24, 2.45) is 7.05 Å². The van der Waals surface area contributed by atoms with Crippen molar-refractivity contribution in [1.29, 1.82) is 0 Å². The number of carbonyl (C=O) groups excluding carboxylic acids is 3. The van der Waals surface area contributed by atoms with Crippen molar-refractivity contribution in [1.82, 2.24) is 14.6 Å². The van der Waals surface area contributed by atoms with E-state index in [1.165, 1.54) is 21.6 Å². The summed E-state index contributed by atoms with van der Waals surface area (Å²) in [5, 5.41) is 2.59. The predicted molar refractivity (Wildman–Crippen MR) is 102 cm³/mol. The van der Waals surface area contributed by atoms with Crippen molar-refractivity contribution >= 4 is 18.2 Å². The zero-order valence-electron chi connectivity index (χ0n) is 15.7. The lowest BCUT2D eigenvalue weighted by atomic mass is 10.1. The number of amides is 2. The summed E-state index contributed by atoms with van der Waals surface area (Å²) >= 11 is 0. The number of carbonyl (C=O) groups is 3. The number of hydrogen-bond donors (Lipinski definition) is 0. The van der Waals surface area contributed by atoms with Gasteiger partial charge in [0.1, 0.15) is 12.4 Å². The van der Waals surface area contributed by atoms with Crippen LogP contribution in [0.2, 0.25) is 0 Å². The molecule has 7 heteroatoms. The molecule has 0 radical (unpaired) electrons. The van der Waals surface area contributed by atoms with Gasteiger partial charge in [-0.05, 0) is 11.6 Å². The molecule has 0 atom stereocenters. The molecule has 1 aromatic heterocycles. The van der Waals surface area contributed by atoms with Crippen LogP contribution in [0.1, 0.15) is 26.3 Å². The number of aldehydes is 1. The third kappa shape index (κ3) is 3.98. The third-order valence-corrected chi connectivity index (χ3v) is 4.36. The van der Waals surface area contributed by atoms with Crippen LogP contribution in [0.15, 0.2) is 73.3 Å². The summed E-state index contributed by atoms with van der Waals surface area (Å²) in [6.07, 6.45) is 5.62. The van der Waals surface area contributed by atoms with Gasteiger partial charge in [0.15, 0.2) is 6.29 Å². The van der Waals surface area contributed by atoms with Gasteiger partial charge in [0, 0.05) is 12.6 Å². The van der Waals surface area contributed by atoms with Gasteiger partial charge < -0.3 is 0 Å². The number of aromatic nitrogens is 2. The molecule has 1 heterocycles. The second-order valence-corrected chi connectivity index (χ2v) is 6.35. The van der Waals surface area contributed by atoms with Crippen molar-refractivity contribution in [2.45, 2.75) is 6.54 Å². The van der Waals surface area contributed by atoms with E-state index in [1.54, 1.807) is 54.6 Å². The van der Waals surface area contributed by atoms with Gasteiger partial charge in [0.2, 0.25) is 0 Å². The van der Waals surface area contributed by atoms with Crippen LogP contribution in [0, 0.1) is 0 Å². The summed E-state index contributed by atoms with van der Waals surface area (Å²) in [6, 6.07) is 15.5. The Hall–Kier alpha value is -3.74. The maximum Gasteiger partial charge on any atom is 0.434 e. The van der Waals surface area contributed by atoms with Gasteiger partial charge in [0.25, 0.3) is 12.2 Å². The van der Waals surface area contributed by atoms with E-state index in [1.807, 2.05) is 30.3 Å². The Bertz CT molecular complexity index is 998. The number of aryl methyl sites for hydroxylation is 1. The number of imidazole rings is 1. The van der Waals surface area contributed by atoms with Crippen molar-refractivity contribution < 1.29 is 19.0 Å². The minimum absolute atomic E-state index is 0.201. The topological polar surface area (TPSA) is 66.5 Å². The molecule has 0 aliphatic heterocycles. The van der Waals surface area contributed by atoms with Crippen molar-refractivity contribution in [3.8, 4) is 0 Å². The van der Waals surface area contributed by atoms with E-state index < -0.39 is 5.91 Å². The Morgan fingerprint density at radius 2 is 1.75 bits per heavy atom. The van der Waals surface area contributed by atoms with Gasteiger partial charge in [-0.25, -0.2) is 19.4 Å². The highest BCUT2D eigenvalue weighted by atomic mass is 16.2. The van der Waals surface area contributed by atoms with Gasteiger partial charge in [-0.3, -0.25) is 9.59 Å². The van der Waals surface area contributed by atoms with Gasteiger partial charge in [0.05, 0.1) is 19.2 Å². The van der Waals surface area contributed by atoms with Crippen LogP contribution in [0.4, 0.5) is 4.79 Å².